The van der Waals surface area contributed by atoms with E-state index in [4.69, 9.17) is 0 Å². The number of hydrogen-bond donors (Lipinski definition) is 2. The molecule has 0 amide bonds. The largest absolute Gasteiger partial charge is 0.356 e. The molecule has 166 valence electrons. The molecule has 0 spiro atoms. The van der Waals surface area contributed by atoms with Gasteiger partial charge in [0.1, 0.15) is 5.82 Å². The summed E-state index contributed by atoms with van der Waals surface area (Å²) in [6.07, 6.45) is 7.25. The highest BCUT2D eigenvalue weighted by molar-refractivity contribution is 14.0. The van der Waals surface area contributed by atoms with Crippen LogP contribution >= 0.6 is 35.3 Å². The molecule has 9 heteroatoms. The topological polar surface area (TPSA) is 70.4 Å². The van der Waals surface area contributed by atoms with Crippen LogP contribution in [0.5, 0.6) is 0 Å². The number of aryl methyl sites for hydroxylation is 1. The standard InChI is InChI=1S/C21H33N7S.HI/c1-22-21(24-15-19-26-25-18-10-4-3-5-12-28(18)19)23-14-16-8-6-11-27(2)20(16)17-9-7-13-29-17;/h7,9,13,16,20H,3-6,8,10-12,14-15H2,1-2H3,(H2,22,23,24);1H. The molecule has 7 nitrogen and oxygen atoms in total. The number of rotatable bonds is 5. The lowest BCUT2D eigenvalue weighted by molar-refractivity contribution is 0.125. The van der Waals surface area contributed by atoms with E-state index in [1.54, 1.807) is 0 Å². The lowest BCUT2D eigenvalue weighted by Crippen LogP contribution is -2.44. The Hall–Kier alpha value is -1.20. The van der Waals surface area contributed by atoms with Gasteiger partial charge in [-0.2, -0.15) is 0 Å². The Labute approximate surface area is 200 Å². The average Bonchev–Trinajstić information content (AvgIpc) is 3.33. The van der Waals surface area contributed by atoms with Gasteiger partial charge in [0, 0.05) is 37.5 Å². The van der Waals surface area contributed by atoms with Crippen LogP contribution < -0.4 is 10.6 Å². The summed E-state index contributed by atoms with van der Waals surface area (Å²) in [6.45, 7) is 3.78. The van der Waals surface area contributed by atoms with Crippen molar-refractivity contribution in [3.63, 3.8) is 0 Å². The maximum absolute atomic E-state index is 4.44. The van der Waals surface area contributed by atoms with Crippen molar-refractivity contribution < 1.29 is 0 Å². The van der Waals surface area contributed by atoms with Crippen molar-refractivity contribution in [2.45, 2.75) is 57.7 Å². The van der Waals surface area contributed by atoms with Crippen molar-refractivity contribution >= 4 is 41.3 Å². The number of aliphatic imine (C=N–C) groups is 1. The highest BCUT2D eigenvalue weighted by Crippen LogP contribution is 2.36. The van der Waals surface area contributed by atoms with Gasteiger partial charge in [-0.25, -0.2) is 0 Å². The first kappa shape index (κ1) is 23.5. The lowest BCUT2D eigenvalue weighted by Gasteiger charge is -2.39. The Morgan fingerprint density at radius 1 is 1.20 bits per heavy atom. The SMILES string of the molecule is CN=C(NCc1nnc2n1CCCCC2)NCC1CCCN(C)C1c1cccs1.I. The second-order valence-corrected chi connectivity index (χ2v) is 9.12. The molecule has 0 bridgehead atoms. The molecule has 2 unspecified atom stereocenters. The summed E-state index contributed by atoms with van der Waals surface area (Å²) >= 11 is 1.87. The molecule has 1 fully saturated rings. The summed E-state index contributed by atoms with van der Waals surface area (Å²) in [7, 11) is 4.09. The van der Waals surface area contributed by atoms with Gasteiger partial charge < -0.3 is 15.2 Å². The van der Waals surface area contributed by atoms with Crippen LogP contribution in [0.4, 0.5) is 0 Å². The number of guanidine groups is 1. The number of aromatic nitrogens is 3. The molecule has 1 saturated heterocycles. The van der Waals surface area contributed by atoms with Crippen LogP contribution in [0.15, 0.2) is 22.5 Å². The third-order valence-corrected chi connectivity index (χ3v) is 7.14. The molecule has 30 heavy (non-hydrogen) atoms. The molecule has 2 aliphatic rings. The molecule has 0 radical (unpaired) electrons. The summed E-state index contributed by atoms with van der Waals surface area (Å²) in [5.41, 5.74) is 0. The van der Waals surface area contributed by atoms with Crippen molar-refractivity contribution in [1.82, 2.24) is 30.3 Å². The van der Waals surface area contributed by atoms with Gasteiger partial charge in [0.05, 0.1) is 6.54 Å². The number of fused-ring (bicyclic) bond motifs is 1. The Morgan fingerprint density at radius 3 is 2.90 bits per heavy atom. The number of nitrogens with zero attached hydrogens (tertiary/aromatic N) is 5. The second-order valence-electron chi connectivity index (χ2n) is 8.14. The summed E-state index contributed by atoms with van der Waals surface area (Å²) in [6, 6.07) is 4.92. The van der Waals surface area contributed by atoms with Crippen molar-refractivity contribution in [3.05, 3.63) is 34.0 Å². The molecule has 4 heterocycles. The predicted molar refractivity (Wildman–Crippen MR) is 134 cm³/mol. The fraction of sp³-hybridized carbons (Fsp3) is 0.667. The number of nitrogens with one attached hydrogen (secondary N) is 2. The Morgan fingerprint density at radius 2 is 2.10 bits per heavy atom. The van der Waals surface area contributed by atoms with Gasteiger partial charge in [0.2, 0.25) is 0 Å². The van der Waals surface area contributed by atoms with E-state index in [9.17, 15) is 0 Å². The van der Waals surface area contributed by atoms with E-state index >= 15 is 0 Å². The number of thiophene rings is 1. The van der Waals surface area contributed by atoms with Gasteiger partial charge in [-0.15, -0.1) is 45.5 Å². The second kappa shape index (κ2) is 11.4. The van der Waals surface area contributed by atoms with Gasteiger partial charge in [0.15, 0.2) is 11.8 Å². The molecule has 2 atom stereocenters. The monoisotopic (exact) mass is 543 g/mol. The van der Waals surface area contributed by atoms with Crippen LogP contribution in [0.3, 0.4) is 0 Å². The van der Waals surface area contributed by atoms with Crippen LogP contribution in [-0.2, 0) is 19.5 Å². The Bertz CT molecular complexity index is 804. The van der Waals surface area contributed by atoms with E-state index in [2.05, 4.69) is 59.9 Å². The van der Waals surface area contributed by atoms with Crippen molar-refractivity contribution in [2.75, 3.05) is 27.2 Å². The highest BCUT2D eigenvalue weighted by atomic mass is 127. The molecule has 0 saturated carbocycles. The Balaban J connectivity index is 0.00000256. The minimum atomic E-state index is 0. The zero-order chi connectivity index (χ0) is 20.1. The summed E-state index contributed by atoms with van der Waals surface area (Å²) in [5.74, 6) is 3.56. The van der Waals surface area contributed by atoms with E-state index in [0.29, 0.717) is 18.5 Å². The van der Waals surface area contributed by atoms with E-state index in [1.807, 2.05) is 18.4 Å². The molecular formula is C21H34IN7S. The van der Waals surface area contributed by atoms with Gasteiger partial charge in [-0.3, -0.25) is 9.89 Å². The zero-order valence-electron chi connectivity index (χ0n) is 18.0. The van der Waals surface area contributed by atoms with E-state index in [0.717, 1.165) is 37.1 Å². The molecule has 0 aliphatic carbocycles. The van der Waals surface area contributed by atoms with Gasteiger partial charge in [-0.05, 0) is 56.6 Å². The van der Waals surface area contributed by atoms with Crippen LogP contribution in [-0.4, -0.2) is 52.8 Å². The van der Waals surface area contributed by atoms with Crippen molar-refractivity contribution in [2.24, 2.45) is 10.9 Å². The molecule has 0 aromatic carbocycles. The van der Waals surface area contributed by atoms with Gasteiger partial charge >= 0.3 is 0 Å². The van der Waals surface area contributed by atoms with Crippen molar-refractivity contribution in [3.8, 4) is 0 Å². The highest BCUT2D eigenvalue weighted by Gasteiger charge is 2.31. The van der Waals surface area contributed by atoms with E-state index in [1.165, 1.54) is 43.5 Å². The summed E-state index contributed by atoms with van der Waals surface area (Å²) < 4.78 is 2.29. The van der Waals surface area contributed by atoms with Crippen LogP contribution in [0.25, 0.3) is 0 Å². The maximum Gasteiger partial charge on any atom is 0.191 e. The number of piperidine rings is 1. The normalized spacial score (nSPS) is 22.7. The minimum Gasteiger partial charge on any atom is -0.356 e. The average molecular weight is 544 g/mol. The van der Waals surface area contributed by atoms with Gasteiger partial charge in [0.25, 0.3) is 0 Å². The molecule has 2 aromatic rings. The fourth-order valence-corrected chi connectivity index (χ4v) is 5.65. The number of likely N-dealkylation sites (tertiary alicyclic amines) is 1. The summed E-state index contributed by atoms with van der Waals surface area (Å²) in [5, 5.41) is 18.0. The fourth-order valence-electron chi connectivity index (χ4n) is 4.67. The van der Waals surface area contributed by atoms with Crippen LogP contribution in [0.1, 0.15) is 54.7 Å². The lowest BCUT2D eigenvalue weighted by atomic mass is 9.88. The molecule has 2 N–H and O–H groups in total. The molecule has 4 rings (SSSR count). The first-order valence-electron chi connectivity index (χ1n) is 10.9. The number of halogens is 1. The maximum atomic E-state index is 4.44. The zero-order valence-corrected chi connectivity index (χ0v) is 21.2. The van der Waals surface area contributed by atoms with Crippen molar-refractivity contribution in [1.29, 1.82) is 0 Å². The molecule has 2 aromatic heterocycles. The third kappa shape index (κ3) is 5.53. The minimum absolute atomic E-state index is 0. The first-order chi connectivity index (χ1) is 14.3. The smallest absolute Gasteiger partial charge is 0.191 e. The molecule has 2 aliphatic heterocycles. The quantitative estimate of drug-likeness (QED) is 0.344. The third-order valence-electron chi connectivity index (χ3n) is 6.20. The summed E-state index contributed by atoms with van der Waals surface area (Å²) in [4.78, 5) is 8.40. The van der Waals surface area contributed by atoms with Gasteiger partial charge in [-0.1, -0.05) is 12.5 Å². The predicted octanol–water partition coefficient (Wildman–Crippen LogP) is 3.43. The van der Waals surface area contributed by atoms with E-state index < -0.39 is 0 Å². The van der Waals surface area contributed by atoms with Crippen LogP contribution in [0.2, 0.25) is 0 Å². The number of hydrogen-bond acceptors (Lipinski definition) is 5. The van der Waals surface area contributed by atoms with E-state index in [-0.39, 0.29) is 24.0 Å². The Kier molecular flexibility index (Phi) is 8.94. The van der Waals surface area contributed by atoms with Crippen LogP contribution in [0, 0.1) is 5.92 Å². The first-order valence-corrected chi connectivity index (χ1v) is 11.7. The molecular weight excluding hydrogens is 509 g/mol.